The van der Waals surface area contributed by atoms with Crippen LogP contribution < -0.4 is 10.9 Å². The fraction of sp³-hybridized carbons (Fsp3) is 0.647. The molecule has 6 heteroatoms. The lowest BCUT2D eigenvalue weighted by Crippen LogP contribution is -2.50. The average Bonchev–Trinajstić information content (AvgIpc) is 3.26. The molecule has 3 aliphatic rings. The first kappa shape index (κ1) is 14.9. The van der Waals surface area contributed by atoms with Gasteiger partial charge >= 0.3 is 0 Å². The number of fused-ring (bicyclic) bond motifs is 1. The van der Waals surface area contributed by atoms with E-state index in [9.17, 15) is 9.59 Å². The Balaban J connectivity index is 1.50. The number of nitrogens with one attached hydrogen (secondary N) is 2. The third-order valence-electron chi connectivity index (χ3n) is 5.31. The van der Waals surface area contributed by atoms with Crippen molar-refractivity contribution in [1.82, 2.24) is 15.2 Å². The van der Waals surface area contributed by atoms with Crippen molar-refractivity contribution in [2.75, 3.05) is 26.3 Å². The number of carbonyl (C=O) groups excluding carboxylic acids is 1. The maximum Gasteiger partial charge on any atom is 0.261 e. The molecule has 0 bridgehead atoms. The van der Waals surface area contributed by atoms with Gasteiger partial charge in [-0.15, -0.1) is 0 Å². The molecule has 1 amide bonds. The summed E-state index contributed by atoms with van der Waals surface area (Å²) in [4.78, 5) is 30.0. The van der Waals surface area contributed by atoms with Crippen LogP contribution in [0.2, 0.25) is 0 Å². The lowest BCUT2D eigenvalue weighted by atomic mass is 10.1. The van der Waals surface area contributed by atoms with E-state index in [1.807, 2.05) is 0 Å². The van der Waals surface area contributed by atoms with Crippen LogP contribution in [0.1, 0.15) is 40.9 Å². The molecule has 4 rings (SSSR count). The Morgan fingerprint density at radius 1 is 1.22 bits per heavy atom. The largest absolute Gasteiger partial charge is 0.378 e. The summed E-state index contributed by atoms with van der Waals surface area (Å²) in [7, 11) is 0. The smallest absolute Gasteiger partial charge is 0.261 e. The highest BCUT2D eigenvalue weighted by Crippen LogP contribution is 2.21. The van der Waals surface area contributed by atoms with Gasteiger partial charge in [-0.3, -0.25) is 14.5 Å². The number of hydrogen-bond acceptors (Lipinski definition) is 4. The molecule has 2 N–H and O–H groups in total. The van der Waals surface area contributed by atoms with Crippen molar-refractivity contribution in [3.05, 3.63) is 33.2 Å². The number of pyridine rings is 1. The summed E-state index contributed by atoms with van der Waals surface area (Å²) in [6.07, 6.45) is 5.31. The highest BCUT2D eigenvalue weighted by Gasteiger charge is 2.35. The number of aryl methyl sites for hydroxylation is 2. The van der Waals surface area contributed by atoms with Crippen LogP contribution >= 0.6 is 0 Å². The highest BCUT2D eigenvalue weighted by molar-refractivity contribution is 5.94. The minimum absolute atomic E-state index is 0.0340. The quantitative estimate of drug-likeness (QED) is 0.849. The summed E-state index contributed by atoms with van der Waals surface area (Å²) in [5, 5.41) is 3.03. The summed E-state index contributed by atoms with van der Waals surface area (Å²) in [5.74, 6) is -0.277. The van der Waals surface area contributed by atoms with Crippen LogP contribution in [-0.2, 0) is 17.6 Å². The maximum absolute atomic E-state index is 12.6. The zero-order valence-corrected chi connectivity index (χ0v) is 13.3. The lowest BCUT2D eigenvalue weighted by Gasteiger charge is -2.27. The van der Waals surface area contributed by atoms with Gasteiger partial charge in [0.05, 0.1) is 25.3 Å². The van der Waals surface area contributed by atoms with Crippen LogP contribution in [0.25, 0.3) is 0 Å². The molecule has 0 spiro atoms. The lowest BCUT2D eigenvalue weighted by molar-refractivity contribution is 0.0915. The van der Waals surface area contributed by atoms with Gasteiger partial charge in [-0.25, -0.2) is 0 Å². The third-order valence-corrected chi connectivity index (χ3v) is 5.31. The second kappa shape index (κ2) is 6.09. The van der Waals surface area contributed by atoms with Crippen LogP contribution in [0.4, 0.5) is 0 Å². The Hall–Kier alpha value is -1.66. The van der Waals surface area contributed by atoms with Crippen molar-refractivity contribution in [2.24, 2.45) is 0 Å². The van der Waals surface area contributed by atoms with Crippen molar-refractivity contribution in [1.29, 1.82) is 0 Å². The number of H-pyrrole nitrogens is 1. The molecule has 3 heterocycles. The predicted octanol–water partition coefficient (Wildman–Crippen LogP) is 0.457. The predicted molar refractivity (Wildman–Crippen MR) is 85.8 cm³/mol. The zero-order valence-electron chi connectivity index (χ0n) is 13.3. The Labute approximate surface area is 135 Å². The first-order valence-electron chi connectivity index (χ1n) is 8.60. The molecule has 2 saturated heterocycles. The van der Waals surface area contributed by atoms with E-state index in [0.717, 1.165) is 43.6 Å². The van der Waals surface area contributed by atoms with Gasteiger partial charge in [-0.2, -0.15) is 0 Å². The van der Waals surface area contributed by atoms with E-state index < -0.39 is 0 Å². The molecule has 1 aliphatic carbocycles. The third kappa shape index (κ3) is 2.81. The van der Waals surface area contributed by atoms with Gasteiger partial charge in [0.1, 0.15) is 5.56 Å². The van der Waals surface area contributed by atoms with E-state index in [1.165, 1.54) is 12.8 Å². The van der Waals surface area contributed by atoms with Crippen LogP contribution in [0.15, 0.2) is 10.9 Å². The van der Waals surface area contributed by atoms with E-state index in [4.69, 9.17) is 4.74 Å². The SMILES string of the molecule is O=C(N[C@@H]1COC[C@H]1N1CCCC1)c1cc2c([nH]c1=O)CCC2. The molecule has 0 unspecified atom stereocenters. The molecule has 0 saturated carbocycles. The Morgan fingerprint density at radius 3 is 2.87 bits per heavy atom. The van der Waals surface area contributed by atoms with E-state index >= 15 is 0 Å². The first-order valence-corrected chi connectivity index (χ1v) is 8.60. The van der Waals surface area contributed by atoms with Crippen LogP contribution in [-0.4, -0.2) is 54.2 Å². The van der Waals surface area contributed by atoms with Crippen molar-refractivity contribution in [3.63, 3.8) is 0 Å². The van der Waals surface area contributed by atoms with E-state index in [2.05, 4.69) is 15.2 Å². The standard InChI is InChI=1S/C17H23N3O3/c21-16-12(8-11-4-3-5-13(11)18-16)17(22)19-14-9-23-10-15(14)20-6-1-2-7-20/h8,14-15H,1-7,9-10H2,(H,18,21)(H,19,22)/t14-,15-/m1/s1. The summed E-state index contributed by atoms with van der Waals surface area (Å²) in [5.41, 5.74) is 2.05. The molecule has 0 aromatic carbocycles. The van der Waals surface area contributed by atoms with Crippen molar-refractivity contribution in [3.8, 4) is 0 Å². The van der Waals surface area contributed by atoms with Gasteiger partial charge in [-0.05, 0) is 56.8 Å². The monoisotopic (exact) mass is 317 g/mol. The van der Waals surface area contributed by atoms with Crippen LogP contribution in [0.3, 0.4) is 0 Å². The van der Waals surface area contributed by atoms with Gasteiger partial charge in [0.25, 0.3) is 11.5 Å². The van der Waals surface area contributed by atoms with Crippen molar-refractivity contribution < 1.29 is 9.53 Å². The topological polar surface area (TPSA) is 74.4 Å². The summed E-state index contributed by atoms with van der Waals surface area (Å²) < 4.78 is 5.58. The van der Waals surface area contributed by atoms with Crippen molar-refractivity contribution in [2.45, 2.75) is 44.2 Å². The maximum atomic E-state index is 12.6. The Morgan fingerprint density at radius 2 is 2.04 bits per heavy atom. The molecule has 124 valence electrons. The molecule has 2 aliphatic heterocycles. The molecule has 0 radical (unpaired) electrons. The number of ether oxygens (including phenoxy) is 1. The number of likely N-dealkylation sites (tertiary alicyclic amines) is 1. The van der Waals surface area contributed by atoms with E-state index in [0.29, 0.717) is 13.2 Å². The number of nitrogens with zero attached hydrogens (tertiary/aromatic N) is 1. The molecule has 2 atom stereocenters. The zero-order chi connectivity index (χ0) is 15.8. The summed E-state index contributed by atoms with van der Waals surface area (Å²) in [6, 6.07) is 1.97. The minimum Gasteiger partial charge on any atom is -0.378 e. The summed E-state index contributed by atoms with van der Waals surface area (Å²) in [6.45, 7) is 3.32. The van der Waals surface area contributed by atoms with Crippen LogP contribution in [0.5, 0.6) is 0 Å². The molecule has 23 heavy (non-hydrogen) atoms. The number of carbonyl (C=O) groups is 1. The molecular formula is C17H23N3O3. The molecular weight excluding hydrogens is 294 g/mol. The van der Waals surface area contributed by atoms with Gasteiger partial charge in [0.15, 0.2) is 0 Å². The summed E-state index contributed by atoms with van der Waals surface area (Å²) >= 11 is 0. The van der Waals surface area contributed by atoms with Crippen LogP contribution in [0, 0.1) is 0 Å². The highest BCUT2D eigenvalue weighted by atomic mass is 16.5. The Kier molecular flexibility index (Phi) is 3.95. The second-order valence-corrected chi connectivity index (χ2v) is 6.80. The fourth-order valence-corrected chi connectivity index (χ4v) is 4.04. The first-order chi connectivity index (χ1) is 11.2. The number of aromatic nitrogens is 1. The number of amides is 1. The molecule has 1 aromatic heterocycles. The van der Waals surface area contributed by atoms with Crippen molar-refractivity contribution >= 4 is 5.91 Å². The molecule has 1 aromatic rings. The second-order valence-electron chi connectivity index (χ2n) is 6.80. The number of aromatic amines is 1. The average molecular weight is 317 g/mol. The van der Waals surface area contributed by atoms with Gasteiger partial charge in [0, 0.05) is 5.69 Å². The molecule has 6 nitrogen and oxygen atoms in total. The number of rotatable bonds is 3. The normalized spacial score (nSPS) is 27.3. The van der Waals surface area contributed by atoms with E-state index in [1.54, 1.807) is 6.07 Å². The van der Waals surface area contributed by atoms with Gasteiger partial charge in [0.2, 0.25) is 0 Å². The minimum atomic E-state index is -0.278. The van der Waals surface area contributed by atoms with Gasteiger partial charge in [-0.1, -0.05) is 0 Å². The van der Waals surface area contributed by atoms with E-state index in [-0.39, 0.29) is 29.1 Å². The molecule has 2 fully saturated rings. The Bertz CT molecular complexity index is 664. The number of hydrogen-bond donors (Lipinski definition) is 2. The van der Waals surface area contributed by atoms with Gasteiger partial charge < -0.3 is 15.0 Å². The fourth-order valence-electron chi connectivity index (χ4n) is 4.04.